The lowest BCUT2D eigenvalue weighted by molar-refractivity contribution is -0.117. The molecule has 0 fully saturated rings. The summed E-state index contributed by atoms with van der Waals surface area (Å²) in [5, 5.41) is 0.728. The number of hydrogen-bond acceptors (Lipinski definition) is 3. The van der Waals surface area contributed by atoms with Crippen molar-refractivity contribution < 1.29 is 4.79 Å². The van der Waals surface area contributed by atoms with Crippen molar-refractivity contribution >= 4 is 41.0 Å². The van der Waals surface area contributed by atoms with Crippen LogP contribution in [0.2, 0.25) is 5.02 Å². The third-order valence-corrected chi connectivity index (χ3v) is 6.52. The second-order valence-electron chi connectivity index (χ2n) is 5.27. The van der Waals surface area contributed by atoms with E-state index in [4.69, 9.17) is 17.3 Å². The summed E-state index contributed by atoms with van der Waals surface area (Å²) in [5.74, 6) is -0.273. The Morgan fingerprint density at radius 3 is 2.86 bits per heavy atom. The zero-order valence-electron chi connectivity index (χ0n) is 12.1. The quantitative estimate of drug-likeness (QED) is 0.873. The summed E-state index contributed by atoms with van der Waals surface area (Å²) in [6.07, 6.45) is 0.849. The van der Waals surface area contributed by atoms with Crippen LogP contribution < -0.4 is 5.73 Å². The van der Waals surface area contributed by atoms with Gasteiger partial charge in [0, 0.05) is 20.1 Å². The number of fused-ring (bicyclic) bond motifs is 2. The summed E-state index contributed by atoms with van der Waals surface area (Å²) in [7, 11) is 0. The Balaban J connectivity index is 2.02. The molecule has 0 bridgehead atoms. The third kappa shape index (κ3) is 3.29. The SMILES string of the molecule is C[C@H](S[C@H]1Cc2cc(Cl)ccc2Sc2ccccc21)C(N)=O. The molecule has 0 spiro atoms. The predicted molar refractivity (Wildman–Crippen MR) is 94.7 cm³/mol. The fraction of sp³-hybridized carbons (Fsp3) is 0.235. The van der Waals surface area contributed by atoms with Crippen molar-refractivity contribution in [2.75, 3.05) is 0 Å². The number of nitrogens with two attached hydrogens (primary N) is 1. The summed E-state index contributed by atoms with van der Waals surface area (Å²) >= 11 is 9.54. The molecule has 0 aromatic heterocycles. The summed E-state index contributed by atoms with van der Waals surface area (Å²) < 4.78 is 0. The molecule has 2 aromatic carbocycles. The van der Waals surface area contributed by atoms with Crippen LogP contribution in [0.3, 0.4) is 0 Å². The van der Waals surface area contributed by atoms with Crippen LogP contribution in [0.25, 0.3) is 0 Å². The largest absolute Gasteiger partial charge is 0.369 e. The van der Waals surface area contributed by atoms with E-state index in [0.717, 1.165) is 11.4 Å². The first-order chi connectivity index (χ1) is 10.5. The van der Waals surface area contributed by atoms with E-state index in [1.807, 2.05) is 31.2 Å². The molecule has 5 heteroatoms. The normalized spacial score (nSPS) is 18.0. The molecule has 0 radical (unpaired) electrons. The second-order valence-corrected chi connectivity index (χ2v) is 8.33. The molecule has 22 heavy (non-hydrogen) atoms. The van der Waals surface area contributed by atoms with E-state index in [0.29, 0.717) is 0 Å². The van der Waals surface area contributed by atoms with Gasteiger partial charge in [0.1, 0.15) is 0 Å². The van der Waals surface area contributed by atoms with Crippen molar-refractivity contribution in [3.05, 3.63) is 58.6 Å². The van der Waals surface area contributed by atoms with Crippen molar-refractivity contribution in [3.8, 4) is 0 Å². The Morgan fingerprint density at radius 2 is 2.09 bits per heavy atom. The maximum atomic E-state index is 11.4. The molecule has 2 aromatic rings. The highest BCUT2D eigenvalue weighted by Gasteiger charge is 2.26. The number of halogens is 1. The lowest BCUT2D eigenvalue weighted by Gasteiger charge is -2.19. The zero-order chi connectivity index (χ0) is 15.7. The van der Waals surface area contributed by atoms with Crippen molar-refractivity contribution in [1.29, 1.82) is 0 Å². The topological polar surface area (TPSA) is 43.1 Å². The summed E-state index contributed by atoms with van der Waals surface area (Å²) in [6, 6.07) is 14.4. The van der Waals surface area contributed by atoms with Crippen LogP contribution in [0.1, 0.15) is 23.3 Å². The molecule has 2 atom stereocenters. The molecule has 0 aliphatic carbocycles. The third-order valence-electron chi connectivity index (χ3n) is 3.68. The number of benzene rings is 2. The van der Waals surface area contributed by atoms with Gasteiger partial charge >= 0.3 is 0 Å². The maximum absolute atomic E-state index is 11.4. The number of primary amides is 1. The minimum Gasteiger partial charge on any atom is -0.369 e. The minimum absolute atomic E-state index is 0.200. The van der Waals surface area contributed by atoms with Gasteiger partial charge in [-0.15, -0.1) is 11.8 Å². The highest BCUT2D eigenvalue weighted by atomic mass is 35.5. The first kappa shape index (κ1) is 15.8. The van der Waals surface area contributed by atoms with Gasteiger partial charge in [0.25, 0.3) is 0 Å². The van der Waals surface area contributed by atoms with Crippen molar-refractivity contribution in [2.24, 2.45) is 5.73 Å². The number of hydrogen-bond donors (Lipinski definition) is 1. The van der Waals surface area contributed by atoms with Crippen LogP contribution in [0, 0.1) is 0 Å². The number of amides is 1. The van der Waals surface area contributed by atoms with Crippen LogP contribution in [0.15, 0.2) is 52.3 Å². The molecule has 0 saturated heterocycles. The lowest BCUT2D eigenvalue weighted by atomic mass is 10.0. The van der Waals surface area contributed by atoms with Crippen LogP contribution >= 0.6 is 35.1 Å². The molecule has 1 aliphatic heterocycles. The summed E-state index contributed by atoms with van der Waals surface area (Å²) in [5.41, 5.74) is 7.93. The Bertz CT molecular complexity index is 720. The van der Waals surface area contributed by atoms with Crippen molar-refractivity contribution in [3.63, 3.8) is 0 Å². The van der Waals surface area contributed by atoms with Gasteiger partial charge in [-0.3, -0.25) is 4.79 Å². The summed E-state index contributed by atoms with van der Waals surface area (Å²) in [4.78, 5) is 13.9. The van der Waals surface area contributed by atoms with Crippen LogP contribution in [-0.2, 0) is 11.2 Å². The van der Waals surface area contributed by atoms with Crippen molar-refractivity contribution in [2.45, 2.75) is 33.6 Å². The smallest absolute Gasteiger partial charge is 0.230 e. The first-order valence-electron chi connectivity index (χ1n) is 7.04. The molecule has 1 heterocycles. The van der Waals surface area contributed by atoms with Gasteiger partial charge in [-0.2, -0.15) is 0 Å². The number of rotatable bonds is 3. The van der Waals surface area contributed by atoms with Gasteiger partial charge in [-0.05, 0) is 48.7 Å². The molecule has 1 aliphatic rings. The van der Waals surface area contributed by atoms with Gasteiger partial charge in [-0.25, -0.2) is 0 Å². The molecule has 0 saturated carbocycles. The molecule has 0 unspecified atom stereocenters. The number of carbonyl (C=O) groups is 1. The van der Waals surface area contributed by atoms with Gasteiger partial charge < -0.3 is 5.73 Å². The molecule has 2 N–H and O–H groups in total. The van der Waals surface area contributed by atoms with E-state index in [1.165, 1.54) is 20.9 Å². The second kappa shape index (κ2) is 6.57. The predicted octanol–water partition coefficient (Wildman–Crippen LogP) is 4.70. The van der Waals surface area contributed by atoms with E-state index < -0.39 is 0 Å². The van der Waals surface area contributed by atoms with E-state index in [1.54, 1.807) is 23.5 Å². The maximum Gasteiger partial charge on any atom is 0.230 e. The molecular formula is C17H16ClNOS2. The van der Waals surface area contributed by atoms with Gasteiger partial charge in [0.15, 0.2) is 0 Å². The molecule has 2 nitrogen and oxygen atoms in total. The lowest BCUT2D eigenvalue weighted by Crippen LogP contribution is -2.24. The average Bonchev–Trinajstić information content (AvgIpc) is 2.63. The Morgan fingerprint density at radius 1 is 1.32 bits per heavy atom. The Kier molecular flexibility index (Phi) is 4.71. The highest BCUT2D eigenvalue weighted by Crippen LogP contribution is 2.47. The summed E-state index contributed by atoms with van der Waals surface area (Å²) in [6.45, 7) is 1.87. The number of thioether (sulfide) groups is 1. The Labute approximate surface area is 143 Å². The highest BCUT2D eigenvalue weighted by molar-refractivity contribution is 8.01. The fourth-order valence-electron chi connectivity index (χ4n) is 2.51. The first-order valence-corrected chi connectivity index (χ1v) is 9.18. The minimum atomic E-state index is -0.273. The van der Waals surface area contributed by atoms with Gasteiger partial charge in [0.05, 0.1) is 5.25 Å². The van der Waals surface area contributed by atoms with Crippen molar-refractivity contribution in [1.82, 2.24) is 0 Å². The molecule has 3 rings (SSSR count). The van der Waals surface area contributed by atoms with Crippen LogP contribution in [0.4, 0.5) is 0 Å². The molecule has 114 valence electrons. The van der Waals surface area contributed by atoms with Gasteiger partial charge in [-0.1, -0.05) is 41.6 Å². The van der Waals surface area contributed by atoms with E-state index >= 15 is 0 Å². The zero-order valence-corrected chi connectivity index (χ0v) is 14.5. The van der Waals surface area contributed by atoms with E-state index in [9.17, 15) is 4.79 Å². The van der Waals surface area contributed by atoms with E-state index in [-0.39, 0.29) is 16.4 Å². The average molecular weight is 350 g/mol. The monoisotopic (exact) mass is 349 g/mol. The van der Waals surface area contributed by atoms with Gasteiger partial charge in [0.2, 0.25) is 5.91 Å². The van der Waals surface area contributed by atoms with E-state index in [2.05, 4.69) is 18.2 Å². The standard InChI is InChI=1S/C17H16ClNOS2/c1-10(17(19)20)21-16-9-11-8-12(18)6-7-14(11)22-15-5-3-2-4-13(15)16/h2-8,10,16H,9H2,1H3,(H2,19,20)/t10-,16-/m0/s1. The Hall–Kier alpha value is -1.10. The fourth-order valence-corrected chi connectivity index (χ4v) is 5.15. The number of carbonyl (C=O) groups excluding carboxylic acids is 1. The molecule has 1 amide bonds. The van der Waals surface area contributed by atoms with Crippen LogP contribution in [0.5, 0.6) is 0 Å². The molecular weight excluding hydrogens is 334 g/mol. The van der Waals surface area contributed by atoms with Crippen LogP contribution in [-0.4, -0.2) is 11.2 Å².